The zero-order chi connectivity index (χ0) is 19.8. The normalized spacial score (nSPS) is 18.7. The second-order valence-corrected chi connectivity index (χ2v) is 9.46. The fourth-order valence-corrected chi connectivity index (χ4v) is 5.22. The van der Waals surface area contributed by atoms with Gasteiger partial charge in [-0.1, -0.05) is 42.8 Å². The van der Waals surface area contributed by atoms with Gasteiger partial charge in [0.1, 0.15) is 0 Å². The molecule has 1 amide bonds. The molecular weight excluding hydrogens is 382 g/mol. The number of para-hydroxylation sites is 1. The van der Waals surface area contributed by atoms with Gasteiger partial charge in [-0.3, -0.25) is 9.36 Å². The average Bonchev–Trinajstić information content (AvgIpc) is 3.44. The third-order valence-electron chi connectivity index (χ3n) is 5.95. The van der Waals surface area contributed by atoms with E-state index in [9.17, 15) is 4.79 Å². The number of hydrogen-bond donors (Lipinski definition) is 1. The van der Waals surface area contributed by atoms with Crippen LogP contribution in [0.15, 0.2) is 35.6 Å². The molecule has 6 nitrogen and oxygen atoms in total. The van der Waals surface area contributed by atoms with Crippen LogP contribution in [0.2, 0.25) is 0 Å². The number of aromatic amines is 1. The van der Waals surface area contributed by atoms with Crippen LogP contribution in [-0.2, 0) is 4.79 Å². The Labute approximate surface area is 175 Å². The number of nitrogens with zero attached hydrogens (tertiary/aromatic N) is 4. The number of fused-ring (bicyclic) bond motifs is 1. The van der Waals surface area contributed by atoms with Gasteiger partial charge in [-0.15, -0.1) is 10.2 Å². The van der Waals surface area contributed by atoms with Crippen molar-refractivity contribution in [2.24, 2.45) is 0 Å². The molecule has 0 radical (unpaired) electrons. The highest BCUT2D eigenvalue weighted by Crippen LogP contribution is 2.43. The Hall–Kier alpha value is -2.28. The van der Waals surface area contributed by atoms with Crippen molar-refractivity contribution in [2.75, 3.05) is 13.1 Å². The third-order valence-corrected chi connectivity index (χ3v) is 7.00. The van der Waals surface area contributed by atoms with E-state index in [-0.39, 0.29) is 11.2 Å². The van der Waals surface area contributed by atoms with Crippen LogP contribution in [0.25, 0.3) is 22.3 Å². The van der Waals surface area contributed by atoms with Crippen molar-refractivity contribution in [2.45, 2.75) is 61.9 Å². The molecule has 5 rings (SSSR count). The zero-order valence-corrected chi connectivity index (χ0v) is 17.6. The first-order valence-corrected chi connectivity index (χ1v) is 11.6. The Morgan fingerprint density at radius 3 is 2.66 bits per heavy atom. The highest BCUT2D eigenvalue weighted by molar-refractivity contribution is 8.00. The summed E-state index contributed by atoms with van der Waals surface area (Å²) in [6, 6.07) is 8.72. The predicted molar refractivity (Wildman–Crippen MR) is 116 cm³/mol. The molecule has 1 saturated heterocycles. The van der Waals surface area contributed by atoms with Gasteiger partial charge in [0.2, 0.25) is 5.91 Å². The first kappa shape index (κ1) is 18.7. The van der Waals surface area contributed by atoms with Crippen LogP contribution in [0.3, 0.4) is 0 Å². The van der Waals surface area contributed by atoms with Crippen LogP contribution in [0.5, 0.6) is 0 Å². The fourth-order valence-electron chi connectivity index (χ4n) is 4.22. The summed E-state index contributed by atoms with van der Waals surface area (Å²) in [6.07, 6.45) is 9.02. The second kappa shape index (κ2) is 7.86. The van der Waals surface area contributed by atoms with Gasteiger partial charge in [0, 0.05) is 41.8 Å². The van der Waals surface area contributed by atoms with Crippen LogP contribution in [0.4, 0.5) is 0 Å². The van der Waals surface area contributed by atoms with E-state index in [1.54, 1.807) is 11.8 Å². The molecule has 1 atom stereocenters. The van der Waals surface area contributed by atoms with Gasteiger partial charge >= 0.3 is 0 Å². The van der Waals surface area contributed by atoms with Crippen molar-refractivity contribution in [3.05, 3.63) is 30.5 Å². The Bertz CT molecular complexity index is 1010. The summed E-state index contributed by atoms with van der Waals surface area (Å²) < 4.78 is 2.26. The van der Waals surface area contributed by atoms with Crippen molar-refractivity contribution in [1.29, 1.82) is 0 Å². The van der Waals surface area contributed by atoms with Crippen molar-refractivity contribution < 1.29 is 4.79 Å². The molecule has 0 unspecified atom stereocenters. The number of rotatable bonds is 5. The van der Waals surface area contributed by atoms with E-state index in [0.717, 1.165) is 66.2 Å². The molecule has 29 heavy (non-hydrogen) atoms. The smallest absolute Gasteiger partial charge is 0.235 e. The number of amides is 1. The molecule has 0 spiro atoms. The van der Waals surface area contributed by atoms with Gasteiger partial charge in [-0.2, -0.15) is 0 Å². The number of hydrogen-bond acceptors (Lipinski definition) is 4. The van der Waals surface area contributed by atoms with Crippen molar-refractivity contribution >= 4 is 28.6 Å². The molecule has 1 saturated carbocycles. The van der Waals surface area contributed by atoms with Crippen LogP contribution in [-0.4, -0.2) is 48.9 Å². The van der Waals surface area contributed by atoms with E-state index in [1.165, 1.54) is 12.8 Å². The minimum atomic E-state index is -0.148. The second-order valence-electron chi connectivity index (χ2n) is 8.15. The minimum absolute atomic E-state index is 0.148. The standard InChI is InChI=1S/C22H27N5OS/c1-15(21(28)26-12-6-2-3-7-13-26)29-22-25-24-20(27(22)16-10-11-16)18-14-23-19-9-5-4-8-17(18)19/h4-5,8-9,14-16,23H,2-3,6-7,10-13H2,1H3/t15-/m0/s1. The summed E-state index contributed by atoms with van der Waals surface area (Å²) in [5, 5.41) is 11.0. The van der Waals surface area contributed by atoms with E-state index in [2.05, 4.69) is 37.9 Å². The Morgan fingerprint density at radius 1 is 1.14 bits per heavy atom. The van der Waals surface area contributed by atoms with Crippen molar-refractivity contribution in [1.82, 2.24) is 24.6 Å². The number of thioether (sulfide) groups is 1. The predicted octanol–water partition coefficient (Wildman–Crippen LogP) is 4.64. The Morgan fingerprint density at radius 2 is 1.90 bits per heavy atom. The van der Waals surface area contributed by atoms with Gasteiger partial charge in [0.25, 0.3) is 0 Å². The molecule has 7 heteroatoms. The average molecular weight is 410 g/mol. The number of aromatic nitrogens is 4. The summed E-state index contributed by atoms with van der Waals surface area (Å²) in [7, 11) is 0. The highest BCUT2D eigenvalue weighted by Gasteiger charge is 2.33. The van der Waals surface area contributed by atoms with E-state index in [4.69, 9.17) is 0 Å². The maximum Gasteiger partial charge on any atom is 0.235 e. The molecule has 3 aromatic rings. The molecule has 1 aliphatic heterocycles. The van der Waals surface area contributed by atoms with Crippen molar-refractivity contribution in [3.8, 4) is 11.4 Å². The molecule has 0 bridgehead atoms. The van der Waals surface area contributed by atoms with Gasteiger partial charge < -0.3 is 9.88 Å². The molecule has 1 aromatic carbocycles. The summed E-state index contributed by atoms with van der Waals surface area (Å²) >= 11 is 1.56. The maximum absolute atomic E-state index is 13.0. The lowest BCUT2D eigenvalue weighted by molar-refractivity contribution is -0.130. The monoisotopic (exact) mass is 409 g/mol. The minimum Gasteiger partial charge on any atom is -0.360 e. The molecule has 2 aliphatic rings. The maximum atomic E-state index is 13.0. The van der Waals surface area contributed by atoms with Crippen LogP contribution in [0, 0.1) is 0 Å². The number of carbonyl (C=O) groups is 1. The number of nitrogens with one attached hydrogen (secondary N) is 1. The molecule has 1 N–H and O–H groups in total. The Kier molecular flexibility index (Phi) is 5.08. The van der Waals surface area contributed by atoms with Gasteiger partial charge in [0.15, 0.2) is 11.0 Å². The molecule has 152 valence electrons. The molecule has 2 aromatic heterocycles. The van der Waals surface area contributed by atoms with Crippen LogP contribution < -0.4 is 0 Å². The topological polar surface area (TPSA) is 66.8 Å². The van der Waals surface area contributed by atoms with Crippen LogP contribution >= 0.6 is 11.8 Å². The van der Waals surface area contributed by atoms with Gasteiger partial charge in [0.05, 0.1) is 5.25 Å². The molecular formula is C22H27N5OS. The third kappa shape index (κ3) is 3.68. The SMILES string of the molecule is C[C@H](Sc1nnc(-c2c[nH]c3ccccc23)n1C1CC1)C(=O)N1CCCCCC1. The summed E-state index contributed by atoms with van der Waals surface area (Å²) in [5.74, 6) is 1.14. The summed E-state index contributed by atoms with van der Waals surface area (Å²) in [6.45, 7) is 3.79. The number of likely N-dealkylation sites (tertiary alicyclic amines) is 1. The zero-order valence-electron chi connectivity index (χ0n) is 16.8. The van der Waals surface area contributed by atoms with E-state index in [0.29, 0.717) is 6.04 Å². The molecule has 1 aliphatic carbocycles. The van der Waals surface area contributed by atoms with Crippen LogP contribution in [0.1, 0.15) is 51.5 Å². The number of H-pyrrole nitrogens is 1. The highest BCUT2D eigenvalue weighted by atomic mass is 32.2. The summed E-state index contributed by atoms with van der Waals surface area (Å²) in [4.78, 5) is 18.4. The number of benzene rings is 1. The van der Waals surface area contributed by atoms with E-state index in [1.807, 2.05) is 24.1 Å². The van der Waals surface area contributed by atoms with Gasteiger partial charge in [-0.25, -0.2) is 0 Å². The quantitative estimate of drug-likeness (QED) is 0.623. The first-order chi connectivity index (χ1) is 14.2. The lowest BCUT2D eigenvalue weighted by Crippen LogP contribution is -2.37. The Balaban J connectivity index is 1.42. The summed E-state index contributed by atoms with van der Waals surface area (Å²) in [5.41, 5.74) is 2.19. The fraction of sp³-hybridized carbons (Fsp3) is 0.500. The van der Waals surface area contributed by atoms with E-state index < -0.39 is 0 Å². The molecule has 2 fully saturated rings. The molecule has 3 heterocycles. The first-order valence-electron chi connectivity index (χ1n) is 10.7. The van der Waals surface area contributed by atoms with Crippen molar-refractivity contribution in [3.63, 3.8) is 0 Å². The number of carbonyl (C=O) groups excluding carboxylic acids is 1. The lowest BCUT2D eigenvalue weighted by Gasteiger charge is -2.23. The van der Waals surface area contributed by atoms with Gasteiger partial charge in [-0.05, 0) is 38.7 Å². The lowest BCUT2D eigenvalue weighted by atomic mass is 10.1. The van der Waals surface area contributed by atoms with E-state index >= 15 is 0 Å². The largest absolute Gasteiger partial charge is 0.360 e.